The van der Waals surface area contributed by atoms with Crippen molar-refractivity contribution in [3.63, 3.8) is 0 Å². The lowest BCUT2D eigenvalue weighted by atomic mass is 10.2. The lowest BCUT2D eigenvalue weighted by Gasteiger charge is -2.35. The molecule has 0 aromatic heterocycles. The lowest BCUT2D eigenvalue weighted by molar-refractivity contribution is -0.0692. The number of ether oxygens (including phenoxy) is 2. The summed E-state index contributed by atoms with van der Waals surface area (Å²) in [6, 6.07) is 0. The number of rotatable bonds is 5. The highest BCUT2D eigenvalue weighted by Gasteiger charge is 2.21. The van der Waals surface area contributed by atoms with Crippen LogP contribution in [0, 0.1) is 0 Å². The maximum absolute atomic E-state index is 5.67. The van der Waals surface area contributed by atoms with Crippen LogP contribution in [0.1, 0.15) is 27.2 Å². The van der Waals surface area contributed by atoms with E-state index >= 15 is 0 Å². The van der Waals surface area contributed by atoms with E-state index < -0.39 is 0 Å². The van der Waals surface area contributed by atoms with Crippen LogP contribution in [0.15, 0.2) is 0 Å². The van der Waals surface area contributed by atoms with Gasteiger partial charge < -0.3 is 9.47 Å². The summed E-state index contributed by atoms with van der Waals surface area (Å²) in [5.74, 6) is 0. The smallest absolute Gasteiger partial charge is 0.0678 e. The van der Waals surface area contributed by atoms with Crippen molar-refractivity contribution in [3.8, 4) is 0 Å². The molecule has 0 N–H and O–H groups in total. The van der Waals surface area contributed by atoms with E-state index in [1.807, 2.05) is 6.92 Å². The second kappa shape index (κ2) is 6.38. The van der Waals surface area contributed by atoms with Gasteiger partial charge in [-0.25, -0.2) is 0 Å². The summed E-state index contributed by atoms with van der Waals surface area (Å²) in [5.41, 5.74) is 0. The zero-order chi connectivity index (χ0) is 10.4. The summed E-state index contributed by atoms with van der Waals surface area (Å²) in [7, 11) is 0. The van der Waals surface area contributed by atoms with Gasteiger partial charge in [0.2, 0.25) is 0 Å². The van der Waals surface area contributed by atoms with E-state index in [2.05, 4.69) is 18.7 Å². The summed E-state index contributed by atoms with van der Waals surface area (Å²) in [4.78, 5) is 2.47. The van der Waals surface area contributed by atoms with Crippen LogP contribution in [-0.4, -0.2) is 50.0 Å². The van der Waals surface area contributed by atoms with Crippen LogP contribution in [0.5, 0.6) is 0 Å². The third-order valence-corrected chi connectivity index (χ3v) is 2.46. The highest BCUT2D eigenvalue weighted by atomic mass is 16.5. The highest BCUT2D eigenvalue weighted by molar-refractivity contribution is 4.72. The molecular weight excluding hydrogens is 178 g/mol. The normalized spacial score (nSPS) is 29.4. The van der Waals surface area contributed by atoms with Gasteiger partial charge in [-0.15, -0.1) is 0 Å². The van der Waals surface area contributed by atoms with Gasteiger partial charge in [0.05, 0.1) is 12.2 Å². The third-order valence-electron chi connectivity index (χ3n) is 2.46. The Bertz CT molecular complexity index is 142. The standard InChI is InChI=1S/C11H23NO2/c1-4-13-7-5-6-12-8-10(2)14-11(3)9-12/h10-11H,4-9H2,1-3H3. The van der Waals surface area contributed by atoms with Gasteiger partial charge in [-0.1, -0.05) is 0 Å². The minimum atomic E-state index is 0.380. The maximum Gasteiger partial charge on any atom is 0.0678 e. The molecule has 84 valence electrons. The number of nitrogens with zero attached hydrogens (tertiary/aromatic N) is 1. The molecule has 0 radical (unpaired) electrons. The van der Waals surface area contributed by atoms with Gasteiger partial charge >= 0.3 is 0 Å². The van der Waals surface area contributed by atoms with Crippen LogP contribution in [0.2, 0.25) is 0 Å². The molecule has 0 aliphatic carbocycles. The monoisotopic (exact) mass is 201 g/mol. The van der Waals surface area contributed by atoms with Gasteiger partial charge in [0.1, 0.15) is 0 Å². The molecule has 2 atom stereocenters. The van der Waals surface area contributed by atoms with Crippen molar-refractivity contribution in [1.82, 2.24) is 4.90 Å². The van der Waals surface area contributed by atoms with Crippen LogP contribution < -0.4 is 0 Å². The number of morpholine rings is 1. The van der Waals surface area contributed by atoms with E-state index in [4.69, 9.17) is 9.47 Å². The summed E-state index contributed by atoms with van der Waals surface area (Å²) in [6.07, 6.45) is 1.89. The van der Waals surface area contributed by atoms with E-state index in [1.54, 1.807) is 0 Å². The average molecular weight is 201 g/mol. The topological polar surface area (TPSA) is 21.7 Å². The van der Waals surface area contributed by atoms with Crippen LogP contribution in [0.25, 0.3) is 0 Å². The van der Waals surface area contributed by atoms with E-state index in [9.17, 15) is 0 Å². The zero-order valence-corrected chi connectivity index (χ0v) is 9.66. The Morgan fingerprint density at radius 2 is 1.93 bits per heavy atom. The third kappa shape index (κ3) is 4.40. The van der Waals surface area contributed by atoms with Crippen molar-refractivity contribution in [2.75, 3.05) is 32.8 Å². The molecule has 3 nitrogen and oxygen atoms in total. The second-order valence-corrected chi connectivity index (χ2v) is 4.07. The van der Waals surface area contributed by atoms with Crippen LogP contribution in [0.3, 0.4) is 0 Å². The molecule has 0 aromatic carbocycles. The van der Waals surface area contributed by atoms with Gasteiger partial charge in [0.15, 0.2) is 0 Å². The van der Waals surface area contributed by atoms with E-state index in [1.165, 1.54) is 0 Å². The Balaban J connectivity index is 2.10. The molecule has 0 spiro atoms. The molecule has 1 aliphatic heterocycles. The maximum atomic E-state index is 5.67. The first-order valence-corrected chi connectivity index (χ1v) is 5.68. The van der Waals surface area contributed by atoms with Crippen molar-refractivity contribution >= 4 is 0 Å². The van der Waals surface area contributed by atoms with Crippen molar-refractivity contribution in [3.05, 3.63) is 0 Å². The van der Waals surface area contributed by atoms with Gasteiger partial charge in [0, 0.05) is 32.8 Å². The van der Waals surface area contributed by atoms with Crippen LogP contribution >= 0.6 is 0 Å². The van der Waals surface area contributed by atoms with Gasteiger partial charge in [-0.2, -0.15) is 0 Å². The molecule has 1 rings (SSSR count). The Labute approximate surface area is 87.4 Å². The largest absolute Gasteiger partial charge is 0.382 e. The molecular formula is C11H23NO2. The quantitative estimate of drug-likeness (QED) is 0.630. The zero-order valence-electron chi connectivity index (χ0n) is 9.66. The lowest BCUT2D eigenvalue weighted by Crippen LogP contribution is -2.45. The summed E-state index contributed by atoms with van der Waals surface area (Å²) in [6.45, 7) is 11.3. The SMILES string of the molecule is CCOCCCN1CC(C)OC(C)C1. The fourth-order valence-corrected chi connectivity index (χ4v) is 2.00. The molecule has 3 heteroatoms. The predicted molar refractivity (Wildman–Crippen MR) is 57.6 cm³/mol. The van der Waals surface area contributed by atoms with Gasteiger partial charge in [-0.05, 0) is 27.2 Å². The molecule has 1 saturated heterocycles. The van der Waals surface area contributed by atoms with Crippen molar-refractivity contribution < 1.29 is 9.47 Å². The Kier molecular flexibility index (Phi) is 5.45. The molecule has 0 aromatic rings. The van der Waals surface area contributed by atoms with E-state index in [-0.39, 0.29) is 0 Å². The number of hydrogen-bond acceptors (Lipinski definition) is 3. The molecule has 1 fully saturated rings. The number of hydrogen-bond donors (Lipinski definition) is 0. The van der Waals surface area contributed by atoms with Crippen molar-refractivity contribution in [2.24, 2.45) is 0 Å². The predicted octanol–water partition coefficient (Wildman–Crippen LogP) is 1.52. The fourth-order valence-electron chi connectivity index (χ4n) is 2.00. The van der Waals surface area contributed by atoms with Crippen LogP contribution in [0.4, 0.5) is 0 Å². The highest BCUT2D eigenvalue weighted by Crippen LogP contribution is 2.10. The van der Waals surface area contributed by atoms with E-state index in [0.29, 0.717) is 12.2 Å². The Hall–Kier alpha value is -0.120. The first-order chi connectivity index (χ1) is 6.72. The van der Waals surface area contributed by atoms with Crippen molar-refractivity contribution in [2.45, 2.75) is 39.4 Å². The summed E-state index contributed by atoms with van der Waals surface area (Å²) in [5, 5.41) is 0. The van der Waals surface area contributed by atoms with Crippen LogP contribution in [-0.2, 0) is 9.47 Å². The first kappa shape index (κ1) is 12.0. The first-order valence-electron chi connectivity index (χ1n) is 5.68. The summed E-state index contributed by atoms with van der Waals surface area (Å²) < 4.78 is 11.0. The molecule has 0 bridgehead atoms. The van der Waals surface area contributed by atoms with Gasteiger partial charge in [0.25, 0.3) is 0 Å². The molecule has 14 heavy (non-hydrogen) atoms. The summed E-state index contributed by atoms with van der Waals surface area (Å²) >= 11 is 0. The van der Waals surface area contributed by atoms with Gasteiger partial charge in [-0.3, -0.25) is 4.90 Å². The molecule has 1 heterocycles. The van der Waals surface area contributed by atoms with E-state index in [0.717, 1.165) is 39.3 Å². The molecule has 1 aliphatic rings. The minimum absolute atomic E-state index is 0.380. The molecule has 2 unspecified atom stereocenters. The Morgan fingerprint density at radius 3 is 2.50 bits per heavy atom. The Morgan fingerprint density at radius 1 is 1.29 bits per heavy atom. The second-order valence-electron chi connectivity index (χ2n) is 4.07. The average Bonchev–Trinajstić information content (AvgIpc) is 2.11. The van der Waals surface area contributed by atoms with Crippen molar-refractivity contribution in [1.29, 1.82) is 0 Å². The minimum Gasteiger partial charge on any atom is -0.382 e. The fraction of sp³-hybridized carbons (Fsp3) is 1.00. The molecule has 0 amide bonds. The molecule has 0 saturated carbocycles.